The largest absolute Gasteiger partial charge is 0.491 e. The zero-order chi connectivity index (χ0) is 15.2. The summed E-state index contributed by atoms with van der Waals surface area (Å²) < 4.78 is 5.48. The number of hydrogen-bond acceptors (Lipinski definition) is 3. The lowest BCUT2D eigenvalue weighted by Crippen LogP contribution is -2.26. The third kappa shape index (κ3) is 5.12. The average Bonchev–Trinajstić information content (AvgIpc) is 2.46. The second-order valence-corrected chi connectivity index (χ2v) is 5.61. The van der Waals surface area contributed by atoms with E-state index in [0.717, 1.165) is 5.69 Å². The monoisotopic (exact) mass is 325 g/mol. The molecule has 2 N–H and O–H groups in total. The lowest BCUT2D eigenvalue weighted by atomic mass is 10.2. The molecule has 0 radical (unpaired) electrons. The van der Waals surface area contributed by atoms with E-state index in [-0.39, 0.29) is 6.61 Å². The van der Waals surface area contributed by atoms with Gasteiger partial charge in [-0.25, -0.2) is 0 Å². The number of ether oxygens (including phenoxy) is 1. The minimum atomic E-state index is -0.625. The molecule has 0 spiro atoms. The minimum absolute atomic E-state index is 0.177. The molecule has 0 bridgehead atoms. The molecule has 0 aliphatic carbocycles. The highest BCUT2D eigenvalue weighted by Gasteiger charge is 2.06. The molecule has 0 aromatic heterocycles. The third-order valence-corrected chi connectivity index (χ3v) is 3.63. The molecule has 3 nitrogen and oxygen atoms in total. The molecule has 0 aliphatic rings. The number of hydrogen-bond donors (Lipinski definition) is 2. The Balaban J connectivity index is 1.79. The number of aliphatic hydroxyl groups excluding tert-OH is 1. The van der Waals surface area contributed by atoms with E-state index in [9.17, 15) is 5.11 Å². The normalized spacial score (nSPS) is 12.0. The van der Waals surface area contributed by atoms with Gasteiger partial charge in [-0.15, -0.1) is 0 Å². The van der Waals surface area contributed by atoms with Crippen molar-refractivity contribution in [2.24, 2.45) is 0 Å². The van der Waals surface area contributed by atoms with E-state index >= 15 is 0 Å². The van der Waals surface area contributed by atoms with Crippen LogP contribution in [0.5, 0.6) is 5.75 Å². The zero-order valence-corrected chi connectivity index (χ0v) is 13.2. The van der Waals surface area contributed by atoms with Crippen molar-refractivity contribution in [1.29, 1.82) is 0 Å². The van der Waals surface area contributed by atoms with Gasteiger partial charge in [0.2, 0.25) is 0 Å². The molecule has 2 aromatic rings. The molecule has 2 aromatic carbocycles. The van der Waals surface area contributed by atoms with Crippen molar-refractivity contribution in [3.05, 3.63) is 58.1 Å². The Morgan fingerprint density at radius 2 is 1.95 bits per heavy atom. The fraction of sp³-hybridized carbons (Fsp3) is 0.250. The van der Waals surface area contributed by atoms with Crippen LogP contribution in [-0.4, -0.2) is 24.4 Å². The van der Waals surface area contributed by atoms with Gasteiger partial charge < -0.3 is 15.2 Å². The van der Waals surface area contributed by atoms with Gasteiger partial charge in [0.25, 0.3) is 0 Å². The van der Waals surface area contributed by atoms with Gasteiger partial charge in [-0.05, 0) is 36.8 Å². The molecule has 21 heavy (non-hydrogen) atoms. The molecule has 1 atom stereocenters. The average molecular weight is 326 g/mol. The van der Waals surface area contributed by atoms with Crippen molar-refractivity contribution in [1.82, 2.24) is 0 Å². The number of aryl methyl sites for hydroxylation is 1. The van der Waals surface area contributed by atoms with Crippen LogP contribution in [0.15, 0.2) is 42.5 Å². The van der Waals surface area contributed by atoms with Crippen LogP contribution < -0.4 is 10.1 Å². The van der Waals surface area contributed by atoms with Crippen LogP contribution in [0.3, 0.4) is 0 Å². The molecule has 2 rings (SSSR count). The van der Waals surface area contributed by atoms with E-state index in [1.165, 1.54) is 5.56 Å². The van der Waals surface area contributed by atoms with Gasteiger partial charge >= 0.3 is 0 Å². The Kier molecular flexibility index (Phi) is 5.74. The zero-order valence-electron chi connectivity index (χ0n) is 11.6. The molecular weight excluding hydrogens is 309 g/mol. The van der Waals surface area contributed by atoms with Crippen LogP contribution in [0.2, 0.25) is 10.0 Å². The van der Waals surface area contributed by atoms with Crippen molar-refractivity contribution >= 4 is 28.9 Å². The van der Waals surface area contributed by atoms with E-state index in [4.69, 9.17) is 27.9 Å². The summed E-state index contributed by atoms with van der Waals surface area (Å²) in [6.45, 7) is 2.61. The minimum Gasteiger partial charge on any atom is -0.491 e. The predicted molar refractivity (Wildman–Crippen MR) is 87.6 cm³/mol. The van der Waals surface area contributed by atoms with E-state index in [2.05, 4.69) is 5.32 Å². The second-order valence-electron chi connectivity index (χ2n) is 4.79. The van der Waals surface area contributed by atoms with Crippen molar-refractivity contribution in [3.63, 3.8) is 0 Å². The third-order valence-electron chi connectivity index (χ3n) is 2.89. The topological polar surface area (TPSA) is 41.5 Å². The lowest BCUT2D eigenvalue weighted by molar-refractivity contribution is 0.117. The molecule has 0 aliphatic heterocycles. The van der Waals surface area contributed by atoms with Gasteiger partial charge in [0.15, 0.2) is 0 Å². The Morgan fingerprint density at radius 3 is 2.67 bits per heavy atom. The Morgan fingerprint density at radius 1 is 1.14 bits per heavy atom. The summed E-state index contributed by atoms with van der Waals surface area (Å²) in [4.78, 5) is 0. The van der Waals surface area contributed by atoms with E-state index < -0.39 is 6.10 Å². The fourth-order valence-electron chi connectivity index (χ4n) is 1.81. The molecule has 0 heterocycles. The van der Waals surface area contributed by atoms with Gasteiger partial charge in [-0.3, -0.25) is 0 Å². The maximum absolute atomic E-state index is 9.92. The van der Waals surface area contributed by atoms with Gasteiger partial charge in [-0.2, -0.15) is 0 Å². The van der Waals surface area contributed by atoms with Crippen molar-refractivity contribution < 1.29 is 9.84 Å². The standard InChI is InChI=1S/C16H17Cl2NO2/c1-11-3-2-4-12(7-11)19-9-13(20)10-21-14-5-6-15(17)16(18)8-14/h2-8,13,19-20H,9-10H2,1H3. The van der Waals surface area contributed by atoms with Crippen LogP contribution in [0.1, 0.15) is 5.56 Å². The highest BCUT2D eigenvalue weighted by atomic mass is 35.5. The van der Waals surface area contributed by atoms with Crippen LogP contribution in [0.4, 0.5) is 5.69 Å². The number of halogens is 2. The van der Waals surface area contributed by atoms with Crippen molar-refractivity contribution in [2.75, 3.05) is 18.5 Å². The first kappa shape index (κ1) is 16.0. The first-order valence-corrected chi connectivity index (χ1v) is 7.36. The van der Waals surface area contributed by atoms with Gasteiger partial charge in [0.05, 0.1) is 10.0 Å². The summed E-state index contributed by atoms with van der Waals surface area (Å²) in [5.41, 5.74) is 2.14. The Labute approximate surface area is 134 Å². The van der Waals surface area contributed by atoms with Crippen LogP contribution in [0, 0.1) is 6.92 Å². The summed E-state index contributed by atoms with van der Waals surface area (Å²) in [5.74, 6) is 0.582. The van der Waals surface area contributed by atoms with Crippen LogP contribution in [0.25, 0.3) is 0 Å². The summed E-state index contributed by atoms with van der Waals surface area (Å²) >= 11 is 11.7. The van der Waals surface area contributed by atoms with Crippen LogP contribution in [-0.2, 0) is 0 Å². The van der Waals surface area contributed by atoms with Gasteiger partial charge in [-0.1, -0.05) is 35.3 Å². The highest BCUT2D eigenvalue weighted by Crippen LogP contribution is 2.26. The van der Waals surface area contributed by atoms with E-state index in [1.54, 1.807) is 18.2 Å². The molecule has 0 saturated heterocycles. The Bertz CT molecular complexity index is 605. The highest BCUT2D eigenvalue weighted by molar-refractivity contribution is 6.42. The fourth-order valence-corrected chi connectivity index (χ4v) is 2.10. The molecular formula is C16H17Cl2NO2. The van der Waals surface area contributed by atoms with Crippen LogP contribution >= 0.6 is 23.2 Å². The summed E-state index contributed by atoms with van der Waals surface area (Å²) in [5, 5.41) is 14.0. The molecule has 1 unspecified atom stereocenters. The molecule has 0 saturated carbocycles. The van der Waals surface area contributed by atoms with Crippen molar-refractivity contribution in [3.8, 4) is 5.75 Å². The molecule has 112 valence electrons. The first-order chi connectivity index (χ1) is 10.0. The number of nitrogens with one attached hydrogen (secondary N) is 1. The Hall–Kier alpha value is -1.42. The molecule has 0 amide bonds. The van der Waals surface area contributed by atoms with E-state index in [1.807, 2.05) is 31.2 Å². The number of rotatable bonds is 6. The number of anilines is 1. The summed E-state index contributed by atoms with van der Waals surface area (Å²) in [7, 11) is 0. The van der Waals surface area contributed by atoms with E-state index in [0.29, 0.717) is 22.3 Å². The molecule has 5 heteroatoms. The maximum atomic E-state index is 9.92. The van der Waals surface area contributed by atoms with Gasteiger partial charge in [0.1, 0.15) is 18.5 Å². The smallest absolute Gasteiger partial charge is 0.121 e. The van der Waals surface area contributed by atoms with Crippen molar-refractivity contribution in [2.45, 2.75) is 13.0 Å². The number of benzene rings is 2. The first-order valence-electron chi connectivity index (χ1n) is 6.61. The molecule has 0 fully saturated rings. The SMILES string of the molecule is Cc1cccc(NCC(O)COc2ccc(Cl)c(Cl)c2)c1. The lowest BCUT2D eigenvalue weighted by Gasteiger charge is -2.14. The number of aliphatic hydroxyl groups is 1. The quantitative estimate of drug-likeness (QED) is 0.838. The summed E-state index contributed by atoms with van der Waals surface area (Å²) in [6, 6.07) is 13.0. The van der Waals surface area contributed by atoms with Gasteiger partial charge in [0, 0.05) is 18.3 Å². The maximum Gasteiger partial charge on any atom is 0.121 e. The summed E-state index contributed by atoms with van der Waals surface area (Å²) in [6.07, 6.45) is -0.625. The predicted octanol–water partition coefficient (Wildman–Crippen LogP) is 4.15. The second kappa shape index (κ2) is 7.55.